The molecule has 0 aliphatic rings. The summed E-state index contributed by atoms with van der Waals surface area (Å²) in [6, 6.07) is 7.65. The average Bonchev–Trinajstić information content (AvgIpc) is 2.63. The molecule has 0 radical (unpaired) electrons. The Morgan fingerprint density at radius 1 is 1.12 bits per heavy atom. The molecule has 1 aromatic rings. The molecule has 1 rings (SSSR count). The normalized spacial score (nSPS) is 12.6. The van der Waals surface area contributed by atoms with Crippen molar-refractivity contribution in [2.24, 2.45) is 4.99 Å². The van der Waals surface area contributed by atoms with Crippen LogP contribution in [0.2, 0.25) is 0 Å². The molecule has 0 amide bonds. The van der Waals surface area contributed by atoms with Crippen LogP contribution in [0.15, 0.2) is 29.3 Å². The molecule has 6 heteroatoms. The number of nitrogens with zero attached hydrogens (tertiary/aromatic N) is 1. The Balaban J connectivity index is 2.41. The lowest BCUT2D eigenvalue weighted by Gasteiger charge is -2.16. The third kappa shape index (κ3) is 9.19. The van der Waals surface area contributed by atoms with Gasteiger partial charge in [0, 0.05) is 26.3 Å². The van der Waals surface area contributed by atoms with Crippen LogP contribution in [-0.4, -0.2) is 52.0 Å². The maximum absolute atomic E-state index is 5.93. The van der Waals surface area contributed by atoms with E-state index in [4.69, 9.17) is 14.2 Å². The van der Waals surface area contributed by atoms with Gasteiger partial charge in [-0.15, -0.1) is 0 Å². The Labute approximate surface area is 152 Å². The van der Waals surface area contributed by atoms with Crippen LogP contribution in [-0.2, 0) is 4.74 Å². The Hall–Kier alpha value is -1.95. The highest BCUT2D eigenvalue weighted by Gasteiger charge is 2.08. The van der Waals surface area contributed by atoms with Gasteiger partial charge in [-0.2, -0.15) is 0 Å². The van der Waals surface area contributed by atoms with E-state index in [0.717, 1.165) is 56.6 Å². The third-order valence-electron chi connectivity index (χ3n) is 3.46. The highest BCUT2D eigenvalue weighted by Crippen LogP contribution is 2.26. The molecular weight excluding hydrogens is 318 g/mol. The Morgan fingerprint density at radius 3 is 2.56 bits per heavy atom. The summed E-state index contributed by atoms with van der Waals surface area (Å²) in [4.78, 5) is 4.60. The summed E-state index contributed by atoms with van der Waals surface area (Å²) in [6.45, 7) is 9.93. The average molecular weight is 351 g/mol. The monoisotopic (exact) mass is 351 g/mol. The zero-order valence-corrected chi connectivity index (χ0v) is 16.0. The molecule has 1 unspecified atom stereocenters. The molecule has 0 fully saturated rings. The molecule has 0 spiro atoms. The van der Waals surface area contributed by atoms with Crippen LogP contribution in [0.25, 0.3) is 0 Å². The van der Waals surface area contributed by atoms with Crippen LogP contribution in [0, 0.1) is 0 Å². The zero-order chi connectivity index (χ0) is 18.3. The lowest BCUT2D eigenvalue weighted by molar-refractivity contribution is 0.143. The van der Waals surface area contributed by atoms with Gasteiger partial charge >= 0.3 is 0 Å². The van der Waals surface area contributed by atoms with Crippen LogP contribution < -0.4 is 20.1 Å². The van der Waals surface area contributed by atoms with Gasteiger partial charge in [-0.25, -0.2) is 4.99 Å². The van der Waals surface area contributed by atoms with Crippen LogP contribution in [0.3, 0.4) is 0 Å². The van der Waals surface area contributed by atoms with Crippen molar-refractivity contribution in [2.75, 3.05) is 40.0 Å². The summed E-state index contributed by atoms with van der Waals surface area (Å²) in [5.74, 6) is 2.29. The predicted molar refractivity (Wildman–Crippen MR) is 103 cm³/mol. The minimum atomic E-state index is -0.0512. The van der Waals surface area contributed by atoms with Crippen molar-refractivity contribution in [3.05, 3.63) is 24.3 Å². The first-order chi connectivity index (χ1) is 12.2. The summed E-state index contributed by atoms with van der Waals surface area (Å²) in [5, 5.41) is 6.60. The molecule has 1 aromatic carbocycles. The second kappa shape index (κ2) is 13.4. The quantitative estimate of drug-likeness (QED) is 0.344. The van der Waals surface area contributed by atoms with Gasteiger partial charge in [0.2, 0.25) is 0 Å². The molecule has 2 N–H and O–H groups in total. The Morgan fingerprint density at radius 2 is 1.88 bits per heavy atom. The molecule has 0 saturated carbocycles. The van der Waals surface area contributed by atoms with E-state index in [0.29, 0.717) is 6.54 Å². The van der Waals surface area contributed by atoms with Crippen molar-refractivity contribution in [3.63, 3.8) is 0 Å². The number of unbranched alkanes of at least 4 members (excludes halogenated alkanes) is 1. The third-order valence-corrected chi connectivity index (χ3v) is 3.46. The number of benzene rings is 1. The van der Waals surface area contributed by atoms with Gasteiger partial charge in [0.1, 0.15) is 6.10 Å². The van der Waals surface area contributed by atoms with E-state index in [2.05, 4.69) is 22.5 Å². The number of para-hydroxylation sites is 2. The van der Waals surface area contributed by atoms with Crippen molar-refractivity contribution in [1.82, 2.24) is 10.6 Å². The maximum atomic E-state index is 5.93. The molecule has 0 aliphatic heterocycles. The van der Waals surface area contributed by atoms with Crippen LogP contribution in [0.4, 0.5) is 0 Å². The van der Waals surface area contributed by atoms with Gasteiger partial charge in [0.05, 0.1) is 13.7 Å². The number of hydrogen-bond donors (Lipinski definition) is 2. The van der Waals surface area contributed by atoms with Crippen molar-refractivity contribution >= 4 is 5.96 Å². The number of ether oxygens (including phenoxy) is 3. The van der Waals surface area contributed by atoms with E-state index in [9.17, 15) is 0 Å². The van der Waals surface area contributed by atoms with Crippen LogP contribution >= 0.6 is 0 Å². The van der Waals surface area contributed by atoms with Crippen molar-refractivity contribution in [3.8, 4) is 11.5 Å². The molecule has 0 bridgehead atoms. The Bertz CT molecular complexity index is 495. The second-order valence-corrected chi connectivity index (χ2v) is 5.63. The summed E-state index contributed by atoms with van der Waals surface area (Å²) in [7, 11) is 1.64. The summed E-state index contributed by atoms with van der Waals surface area (Å²) >= 11 is 0. The van der Waals surface area contributed by atoms with Crippen molar-refractivity contribution < 1.29 is 14.2 Å². The fraction of sp³-hybridized carbons (Fsp3) is 0.632. The van der Waals surface area contributed by atoms with E-state index >= 15 is 0 Å². The van der Waals surface area contributed by atoms with Gasteiger partial charge in [0.15, 0.2) is 17.5 Å². The molecule has 142 valence electrons. The smallest absolute Gasteiger partial charge is 0.191 e. The van der Waals surface area contributed by atoms with E-state index in [-0.39, 0.29) is 6.10 Å². The van der Waals surface area contributed by atoms with Gasteiger partial charge in [-0.05, 0) is 45.7 Å². The molecule has 6 nitrogen and oxygen atoms in total. The number of guanidine groups is 1. The first-order valence-electron chi connectivity index (χ1n) is 9.10. The minimum Gasteiger partial charge on any atom is -0.493 e. The van der Waals surface area contributed by atoms with Crippen LogP contribution in [0.1, 0.15) is 33.6 Å². The maximum Gasteiger partial charge on any atom is 0.191 e. The molecule has 0 aromatic heterocycles. The van der Waals surface area contributed by atoms with Crippen molar-refractivity contribution in [2.45, 2.75) is 39.7 Å². The molecule has 1 atom stereocenters. The zero-order valence-electron chi connectivity index (χ0n) is 16.0. The van der Waals surface area contributed by atoms with E-state index in [1.54, 1.807) is 7.11 Å². The number of hydrogen-bond acceptors (Lipinski definition) is 4. The largest absolute Gasteiger partial charge is 0.493 e. The lowest BCUT2D eigenvalue weighted by atomic mass is 10.3. The first-order valence-corrected chi connectivity index (χ1v) is 9.10. The topological polar surface area (TPSA) is 64.1 Å². The number of rotatable bonds is 12. The minimum absolute atomic E-state index is 0.0512. The van der Waals surface area contributed by atoms with E-state index in [1.807, 2.05) is 38.1 Å². The number of aliphatic imine (C=N–C) groups is 1. The predicted octanol–water partition coefficient (Wildman–Crippen LogP) is 2.83. The summed E-state index contributed by atoms with van der Waals surface area (Å²) in [6.07, 6.45) is 2.05. The standard InChI is InChI=1S/C19H33N3O3/c1-5-20-19(21-13-9-10-14-24-6-2)22-15-16(3)25-18-12-8-7-11-17(18)23-4/h7-8,11-12,16H,5-6,9-10,13-15H2,1-4H3,(H2,20,21,22). The summed E-state index contributed by atoms with van der Waals surface area (Å²) < 4.78 is 16.6. The lowest BCUT2D eigenvalue weighted by Crippen LogP contribution is -2.38. The van der Waals surface area contributed by atoms with Gasteiger partial charge in [0.25, 0.3) is 0 Å². The SMILES string of the molecule is CCNC(=NCC(C)Oc1ccccc1OC)NCCCCOCC. The van der Waals surface area contributed by atoms with Gasteiger partial charge in [-0.3, -0.25) is 0 Å². The highest BCUT2D eigenvalue weighted by molar-refractivity contribution is 5.79. The second-order valence-electron chi connectivity index (χ2n) is 5.63. The fourth-order valence-corrected chi connectivity index (χ4v) is 2.21. The fourth-order valence-electron chi connectivity index (χ4n) is 2.21. The van der Waals surface area contributed by atoms with Crippen molar-refractivity contribution in [1.29, 1.82) is 0 Å². The highest BCUT2D eigenvalue weighted by atomic mass is 16.5. The number of nitrogens with one attached hydrogen (secondary N) is 2. The van der Waals surface area contributed by atoms with E-state index < -0.39 is 0 Å². The molecule has 25 heavy (non-hydrogen) atoms. The molecular formula is C19H33N3O3. The molecule has 0 aliphatic carbocycles. The van der Waals surface area contributed by atoms with E-state index in [1.165, 1.54) is 0 Å². The van der Waals surface area contributed by atoms with Gasteiger partial charge < -0.3 is 24.8 Å². The molecule has 0 heterocycles. The van der Waals surface area contributed by atoms with Crippen LogP contribution in [0.5, 0.6) is 11.5 Å². The Kier molecular flexibility index (Phi) is 11.3. The molecule has 0 saturated heterocycles. The first kappa shape index (κ1) is 21.1. The van der Waals surface area contributed by atoms with Gasteiger partial charge in [-0.1, -0.05) is 12.1 Å². The summed E-state index contributed by atoms with van der Waals surface area (Å²) in [5.41, 5.74) is 0. The number of methoxy groups -OCH3 is 1.